The van der Waals surface area contributed by atoms with Crippen molar-refractivity contribution in [3.05, 3.63) is 18.0 Å². The Labute approximate surface area is 101 Å². The Balaban J connectivity index is 2.42. The van der Waals surface area contributed by atoms with E-state index in [0.29, 0.717) is 6.54 Å². The molecule has 0 aromatic carbocycles. The lowest BCUT2D eigenvalue weighted by Gasteiger charge is -2.13. The van der Waals surface area contributed by atoms with Crippen LogP contribution in [0, 0.1) is 0 Å². The zero-order chi connectivity index (χ0) is 11.8. The molecule has 0 aliphatic carbocycles. The average Bonchev–Trinajstić information content (AvgIpc) is 2.33. The van der Waals surface area contributed by atoms with Gasteiger partial charge in [-0.15, -0.1) is 0 Å². The van der Waals surface area contributed by atoms with Crippen LogP contribution in [-0.2, 0) is 6.54 Å². The van der Waals surface area contributed by atoms with Crippen LogP contribution < -0.4 is 5.32 Å². The second-order valence-electron chi connectivity index (χ2n) is 3.48. The zero-order valence-electron chi connectivity index (χ0n) is 9.81. The van der Waals surface area contributed by atoms with Crippen LogP contribution in [0.2, 0.25) is 0 Å². The number of nitrogens with zero attached hydrogens (tertiary/aromatic N) is 2. The first-order chi connectivity index (χ1) is 7.80. The van der Waals surface area contributed by atoms with Gasteiger partial charge >= 0.3 is 0 Å². The van der Waals surface area contributed by atoms with Crippen molar-refractivity contribution in [1.29, 1.82) is 0 Å². The van der Waals surface area contributed by atoms with E-state index in [1.165, 1.54) is 0 Å². The van der Waals surface area contributed by atoms with Gasteiger partial charge in [0, 0.05) is 30.5 Å². The molecular weight excluding hydrogens is 222 g/mol. The highest BCUT2D eigenvalue weighted by atomic mass is 32.2. The number of nitrogens with one attached hydrogen (secondary N) is 1. The minimum atomic E-state index is 0.157. The smallest absolute Gasteiger partial charge is 0.187 e. The molecule has 0 fully saturated rings. The number of hydrogen-bond acceptors (Lipinski definition) is 5. The first kappa shape index (κ1) is 13.4. The van der Waals surface area contributed by atoms with Crippen LogP contribution in [0.1, 0.15) is 25.8 Å². The van der Waals surface area contributed by atoms with E-state index in [1.807, 2.05) is 19.3 Å². The number of aliphatic hydroxyl groups is 1. The van der Waals surface area contributed by atoms with Crippen molar-refractivity contribution in [2.45, 2.75) is 38.0 Å². The Kier molecular flexibility index (Phi) is 6.37. The highest BCUT2D eigenvalue weighted by Crippen LogP contribution is 2.10. The summed E-state index contributed by atoms with van der Waals surface area (Å²) >= 11 is 1.63. The zero-order valence-corrected chi connectivity index (χ0v) is 10.6. The fraction of sp³-hybridized carbons (Fsp3) is 0.636. The van der Waals surface area contributed by atoms with Crippen LogP contribution in [-0.4, -0.2) is 33.5 Å². The SMILES string of the molecule is CCSc1ncc(CN[C@H](CC)CO)cn1. The van der Waals surface area contributed by atoms with Crippen molar-refractivity contribution < 1.29 is 5.11 Å². The Morgan fingerprint density at radius 1 is 1.38 bits per heavy atom. The third-order valence-corrected chi connectivity index (χ3v) is 3.02. The molecule has 1 heterocycles. The normalized spacial score (nSPS) is 12.7. The van der Waals surface area contributed by atoms with Crippen LogP contribution >= 0.6 is 11.8 Å². The van der Waals surface area contributed by atoms with E-state index >= 15 is 0 Å². The van der Waals surface area contributed by atoms with Gasteiger partial charge in [-0.05, 0) is 12.2 Å². The van der Waals surface area contributed by atoms with E-state index in [1.54, 1.807) is 11.8 Å². The molecule has 4 nitrogen and oxygen atoms in total. The van der Waals surface area contributed by atoms with Gasteiger partial charge < -0.3 is 10.4 Å². The van der Waals surface area contributed by atoms with E-state index in [9.17, 15) is 0 Å². The Morgan fingerprint density at radius 3 is 2.56 bits per heavy atom. The Bertz CT molecular complexity index is 288. The minimum Gasteiger partial charge on any atom is -0.395 e. The molecule has 0 bridgehead atoms. The van der Waals surface area contributed by atoms with Crippen LogP contribution in [0.4, 0.5) is 0 Å². The van der Waals surface area contributed by atoms with Crippen molar-refractivity contribution in [1.82, 2.24) is 15.3 Å². The van der Waals surface area contributed by atoms with Gasteiger partial charge in [-0.1, -0.05) is 25.6 Å². The van der Waals surface area contributed by atoms with Gasteiger partial charge in [-0.3, -0.25) is 0 Å². The van der Waals surface area contributed by atoms with Gasteiger partial charge in [0.05, 0.1) is 6.61 Å². The number of aliphatic hydroxyl groups excluding tert-OH is 1. The van der Waals surface area contributed by atoms with Crippen LogP contribution in [0.15, 0.2) is 17.6 Å². The summed E-state index contributed by atoms with van der Waals surface area (Å²) in [5.41, 5.74) is 1.05. The molecule has 0 saturated heterocycles. The molecule has 1 aromatic heterocycles. The molecule has 0 aliphatic rings. The molecule has 0 unspecified atom stereocenters. The minimum absolute atomic E-state index is 0.157. The van der Waals surface area contributed by atoms with Crippen molar-refractivity contribution in [2.24, 2.45) is 0 Å². The van der Waals surface area contributed by atoms with Crippen molar-refractivity contribution in [3.63, 3.8) is 0 Å². The predicted molar refractivity (Wildman–Crippen MR) is 66.4 cm³/mol. The summed E-state index contributed by atoms with van der Waals surface area (Å²) in [6.45, 7) is 5.00. The Morgan fingerprint density at radius 2 is 2.06 bits per heavy atom. The molecule has 0 aliphatic heterocycles. The summed E-state index contributed by atoms with van der Waals surface area (Å²) in [6.07, 6.45) is 4.59. The number of rotatable bonds is 7. The van der Waals surface area contributed by atoms with Gasteiger partial charge in [-0.2, -0.15) is 0 Å². The molecule has 2 N–H and O–H groups in total. The summed E-state index contributed by atoms with van der Waals surface area (Å²) in [5, 5.41) is 13.1. The molecule has 90 valence electrons. The van der Waals surface area contributed by atoms with E-state index in [2.05, 4.69) is 22.2 Å². The van der Waals surface area contributed by atoms with Crippen LogP contribution in [0.5, 0.6) is 0 Å². The van der Waals surface area contributed by atoms with E-state index in [4.69, 9.17) is 5.11 Å². The fourth-order valence-electron chi connectivity index (χ4n) is 1.24. The van der Waals surface area contributed by atoms with Crippen molar-refractivity contribution >= 4 is 11.8 Å². The first-order valence-electron chi connectivity index (χ1n) is 5.58. The average molecular weight is 241 g/mol. The van der Waals surface area contributed by atoms with Gasteiger partial charge in [0.15, 0.2) is 5.16 Å². The molecule has 1 rings (SSSR count). The lowest BCUT2D eigenvalue weighted by molar-refractivity contribution is 0.238. The maximum atomic E-state index is 9.02. The summed E-state index contributed by atoms with van der Waals surface area (Å²) < 4.78 is 0. The monoisotopic (exact) mass is 241 g/mol. The number of hydrogen-bond donors (Lipinski definition) is 2. The van der Waals surface area contributed by atoms with Crippen molar-refractivity contribution in [3.8, 4) is 0 Å². The summed E-state index contributed by atoms with van der Waals surface area (Å²) in [6, 6.07) is 0.157. The lowest BCUT2D eigenvalue weighted by Crippen LogP contribution is -2.31. The van der Waals surface area contributed by atoms with Crippen molar-refractivity contribution in [2.75, 3.05) is 12.4 Å². The molecule has 5 heteroatoms. The van der Waals surface area contributed by atoms with E-state index in [0.717, 1.165) is 22.9 Å². The first-order valence-corrected chi connectivity index (χ1v) is 6.56. The molecule has 0 spiro atoms. The third-order valence-electron chi connectivity index (χ3n) is 2.26. The highest BCUT2D eigenvalue weighted by Gasteiger charge is 2.03. The molecule has 0 amide bonds. The highest BCUT2D eigenvalue weighted by molar-refractivity contribution is 7.99. The number of thioether (sulfide) groups is 1. The second kappa shape index (κ2) is 7.60. The van der Waals surface area contributed by atoms with Gasteiger partial charge in [-0.25, -0.2) is 9.97 Å². The second-order valence-corrected chi connectivity index (χ2v) is 4.71. The molecular formula is C11H19N3OS. The topological polar surface area (TPSA) is 58.0 Å². The summed E-state index contributed by atoms with van der Waals surface area (Å²) in [4.78, 5) is 8.49. The van der Waals surface area contributed by atoms with Gasteiger partial charge in [0.25, 0.3) is 0 Å². The van der Waals surface area contributed by atoms with Crippen LogP contribution in [0.25, 0.3) is 0 Å². The molecule has 1 atom stereocenters. The van der Waals surface area contributed by atoms with E-state index < -0.39 is 0 Å². The molecule has 0 saturated carbocycles. The molecule has 0 radical (unpaired) electrons. The lowest BCUT2D eigenvalue weighted by atomic mass is 10.2. The molecule has 1 aromatic rings. The standard InChI is InChI=1S/C11H19N3OS/c1-3-10(8-15)12-5-9-6-13-11(14-7-9)16-4-2/h6-7,10,12,15H,3-5,8H2,1-2H3/t10-/m1/s1. The maximum absolute atomic E-state index is 9.02. The summed E-state index contributed by atoms with van der Waals surface area (Å²) in [5.74, 6) is 0.986. The quantitative estimate of drug-likeness (QED) is 0.559. The fourth-order valence-corrected chi connectivity index (χ4v) is 1.75. The maximum Gasteiger partial charge on any atom is 0.187 e. The van der Waals surface area contributed by atoms with Crippen LogP contribution in [0.3, 0.4) is 0 Å². The predicted octanol–water partition coefficient (Wildman–Crippen LogP) is 1.45. The van der Waals surface area contributed by atoms with Gasteiger partial charge in [0.2, 0.25) is 0 Å². The van der Waals surface area contributed by atoms with Gasteiger partial charge in [0.1, 0.15) is 0 Å². The Hall–Kier alpha value is -0.650. The number of aromatic nitrogens is 2. The largest absolute Gasteiger partial charge is 0.395 e. The third kappa shape index (κ3) is 4.47. The summed E-state index contributed by atoms with van der Waals surface area (Å²) in [7, 11) is 0. The van der Waals surface area contributed by atoms with E-state index in [-0.39, 0.29) is 12.6 Å². The molecule has 16 heavy (non-hydrogen) atoms.